The molecule has 0 bridgehead atoms. The SMILES string of the molecule is CC(C)c1cc(C(=O)N2CCC(NC(=O)C3C[C@H]3C)C2)[nH]n1. The van der Waals surface area contributed by atoms with Crippen LogP contribution >= 0.6 is 0 Å². The van der Waals surface area contributed by atoms with Gasteiger partial charge in [0.2, 0.25) is 5.91 Å². The Kier molecular flexibility index (Phi) is 3.93. The number of hydrogen-bond donors (Lipinski definition) is 2. The lowest BCUT2D eigenvalue weighted by Gasteiger charge is -2.16. The molecular formula is C16H24N4O2. The zero-order valence-electron chi connectivity index (χ0n) is 13.4. The Morgan fingerprint density at radius 3 is 2.77 bits per heavy atom. The van der Waals surface area contributed by atoms with Crippen LogP contribution in [0.1, 0.15) is 55.7 Å². The summed E-state index contributed by atoms with van der Waals surface area (Å²) in [6.07, 6.45) is 1.82. The second kappa shape index (κ2) is 5.74. The van der Waals surface area contributed by atoms with Gasteiger partial charge >= 0.3 is 0 Å². The molecule has 1 aliphatic carbocycles. The summed E-state index contributed by atoms with van der Waals surface area (Å²) in [5, 5.41) is 10.1. The fourth-order valence-electron chi connectivity index (χ4n) is 2.97. The molecule has 2 fully saturated rings. The van der Waals surface area contributed by atoms with Crippen molar-refractivity contribution in [3.8, 4) is 0 Å². The second-order valence-corrected chi connectivity index (χ2v) is 6.93. The maximum atomic E-state index is 12.5. The largest absolute Gasteiger partial charge is 0.351 e. The minimum atomic E-state index is -0.0315. The number of amides is 2. The van der Waals surface area contributed by atoms with Crippen molar-refractivity contribution in [2.75, 3.05) is 13.1 Å². The lowest BCUT2D eigenvalue weighted by atomic mass is 10.1. The van der Waals surface area contributed by atoms with E-state index in [1.807, 2.05) is 19.9 Å². The summed E-state index contributed by atoms with van der Waals surface area (Å²) in [5.41, 5.74) is 1.43. The number of aromatic amines is 1. The summed E-state index contributed by atoms with van der Waals surface area (Å²) in [4.78, 5) is 26.2. The standard InChI is InChI=1S/C16H24N4O2/c1-9(2)13-7-14(19-18-13)16(22)20-5-4-11(8-20)17-15(21)12-6-10(12)3/h7,9-12H,4-6,8H2,1-3H3,(H,17,21)(H,18,19)/t10-,11?,12?/m1/s1. The van der Waals surface area contributed by atoms with Gasteiger partial charge in [-0.1, -0.05) is 20.8 Å². The van der Waals surface area contributed by atoms with Crippen molar-refractivity contribution in [2.24, 2.45) is 11.8 Å². The van der Waals surface area contributed by atoms with Gasteiger partial charge in [-0.05, 0) is 30.7 Å². The molecule has 1 saturated carbocycles. The summed E-state index contributed by atoms with van der Waals surface area (Å²) in [5.74, 6) is 1.11. The van der Waals surface area contributed by atoms with E-state index in [-0.39, 0.29) is 23.8 Å². The van der Waals surface area contributed by atoms with E-state index in [0.29, 0.717) is 30.6 Å². The van der Waals surface area contributed by atoms with Gasteiger partial charge in [-0.3, -0.25) is 14.7 Å². The number of aromatic nitrogens is 2. The molecule has 0 radical (unpaired) electrons. The van der Waals surface area contributed by atoms with Crippen molar-refractivity contribution in [3.63, 3.8) is 0 Å². The fraction of sp³-hybridized carbons (Fsp3) is 0.688. The zero-order valence-corrected chi connectivity index (χ0v) is 13.4. The molecule has 1 saturated heterocycles. The summed E-state index contributed by atoms with van der Waals surface area (Å²) < 4.78 is 0. The highest BCUT2D eigenvalue weighted by atomic mass is 16.2. The average molecular weight is 304 g/mol. The third kappa shape index (κ3) is 3.00. The number of likely N-dealkylation sites (tertiary alicyclic amines) is 1. The number of nitrogens with zero attached hydrogens (tertiary/aromatic N) is 2. The lowest BCUT2D eigenvalue weighted by molar-refractivity contribution is -0.123. The first-order valence-electron chi connectivity index (χ1n) is 8.10. The van der Waals surface area contributed by atoms with Crippen molar-refractivity contribution in [2.45, 2.75) is 45.6 Å². The quantitative estimate of drug-likeness (QED) is 0.885. The minimum absolute atomic E-state index is 0.0315. The van der Waals surface area contributed by atoms with Gasteiger partial charge in [-0.15, -0.1) is 0 Å². The Balaban J connectivity index is 1.55. The van der Waals surface area contributed by atoms with Gasteiger partial charge in [0.25, 0.3) is 5.91 Å². The molecule has 1 aromatic rings. The predicted molar refractivity (Wildman–Crippen MR) is 82.4 cm³/mol. The molecule has 2 aliphatic rings. The topological polar surface area (TPSA) is 78.1 Å². The Bertz CT molecular complexity index is 580. The molecule has 2 unspecified atom stereocenters. The second-order valence-electron chi connectivity index (χ2n) is 6.93. The van der Waals surface area contributed by atoms with E-state index in [4.69, 9.17) is 0 Å². The van der Waals surface area contributed by atoms with E-state index in [1.165, 1.54) is 0 Å². The summed E-state index contributed by atoms with van der Waals surface area (Å²) >= 11 is 0. The molecule has 3 atom stereocenters. The molecule has 2 N–H and O–H groups in total. The molecule has 120 valence electrons. The smallest absolute Gasteiger partial charge is 0.271 e. The molecular weight excluding hydrogens is 280 g/mol. The first kappa shape index (κ1) is 15.1. The van der Waals surface area contributed by atoms with Crippen molar-refractivity contribution >= 4 is 11.8 Å². The highest BCUT2D eigenvalue weighted by molar-refractivity contribution is 5.92. The maximum Gasteiger partial charge on any atom is 0.271 e. The van der Waals surface area contributed by atoms with Crippen molar-refractivity contribution in [3.05, 3.63) is 17.5 Å². The minimum Gasteiger partial charge on any atom is -0.351 e. The predicted octanol–water partition coefficient (Wildman–Crippen LogP) is 1.52. The van der Waals surface area contributed by atoms with E-state index < -0.39 is 0 Å². The van der Waals surface area contributed by atoms with Gasteiger partial charge in [0.15, 0.2) is 0 Å². The Hall–Kier alpha value is -1.85. The molecule has 3 rings (SSSR count). The van der Waals surface area contributed by atoms with Crippen LogP contribution in [0.25, 0.3) is 0 Å². The van der Waals surface area contributed by atoms with Crippen LogP contribution < -0.4 is 5.32 Å². The van der Waals surface area contributed by atoms with Crippen LogP contribution in [0.2, 0.25) is 0 Å². The van der Waals surface area contributed by atoms with Gasteiger partial charge in [-0.2, -0.15) is 5.10 Å². The molecule has 2 amide bonds. The fourth-order valence-corrected chi connectivity index (χ4v) is 2.97. The number of rotatable bonds is 4. The molecule has 0 aromatic carbocycles. The van der Waals surface area contributed by atoms with E-state index in [0.717, 1.165) is 18.5 Å². The highest BCUT2D eigenvalue weighted by Gasteiger charge is 2.40. The zero-order chi connectivity index (χ0) is 15.9. The van der Waals surface area contributed by atoms with Crippen molar-refractivity contribution in [1.29, 1.82) is 0 Å². The molecule has 1 aromatic heterocycles. The van der Waals surface area contributed by atoms with E-state index in [9.17, 15) is 9.59 Å². The first-order valence-corrected chi connectivity index (χ1v) is 8.10. The molecule has 2 heterocycles. The monoisotopic (exact) mass is 304 g/mol. The van der Waals surface area contributed by atoms with Crippen LogP contribution in [0.4, 0.5) is 0 Å². The maximum absolute atomic E-state index is 12.5. The van der Waals surface area contributed by atoms with Gasteiger partial charge in [0, 0.05) is 25.0 Å². The summed E-state index contributed by atoms with van der Waals surface area (Å²) in [7, 11) is 0. The Morgan fingerprint density at radius 2 is 2.18 bits per heavy atom. The van der Waals surface area contributed by atoms with Gasteiger partial charge in [0.1, 0.15) is 5.69 Å². The Morgan fingerprint density at radius 1 is 1.45 bits per heavy atom. The van der Waals surface area contributed by atoms with Gasteiger partial charge in [0.05, 0.1) is 5.69 Å². The summed E-state index contributed by atoms with van der Waals surface area (Å²) in [6, 6.07) is 1.90. The van der Waals surface area contributed by atoms with Gasteiger partial charge in [-0.25, -0.2) is 0 Å². The lowest BCUT2D eigenvalue weighted by Crippen LogP contribution is -2.39. The van der Waals surface area contributed by atoms with E-state index in [1.54, 1.807) is 4.90 Å². The van der Waals surface area contributed by atoms with Crippen LogP contribution in [-0.2, 0) is 4.79 Å². The van der Waals surface area contributed by atoms with E-state index >= 15 is 0 Å². The number of H-pyrrole nitrogens is 1. The number of carbonyl (C=O) groups is 2. The van der Waals surface area contributed by atoms with Gasteiger partial charge < -0.3 is 10.2 Å². The summed E-state index contributed by atoms with van der Waals surface area (Å²) in [6.45, 7) is 7.45. The molecule has 0 spiro atoms. The van der Waals surface area contributed by atoms with Crippen LogP contribution in [0, 0.1) is 11.8 Å². The number of nitrogens with one attached hydrogen (secondary N) is 2. The third-order valence-electron chi connectivity index (χ3n) is 4.69. The molecule has 22 heavy (non-hydrogen) atoms. The van der Waals surface area contributed by atoms with Crippen LogP contribution in [0.3, 0.4) is 0 Å². The Labute approximate surface area is 130 Å². The first-order chi connectivity index (χ1) is 10.5. The average Bonchev–Trinajstić information content (AvgIpc) is 2.93. The normalized spacial score (nSPS) is 27.3. The van der Waals surface area contributed by atoms with Crippen molar-refractivity contribution < 1.29 is 9.59 Å². The molecule has 1 aliphatic heterocycles. The van der Waals surface area contributed by atoms with Crippen LogP contribution in [-0.4, -0.2) is 46.0 Å². The number of hydrogen-bond acceptors (Lipinski definition) is 3. The van der Waals surface area contributed by atoms with Crippen LogP contribution in [0.5, 0.6) is 0 Å². The molecule has 6 heteroatoms. The van der Waals surface area contributed by atoms with Crippen LogP contribution in [0.15, 0.2) is 6.07 Å². The molecule has 6 nitrogen and oxygen atoms in total. The highest BCUT2D eigenvalue weighted by Crippen LogP contribution is 2.37. The van der Waals surface area contributed by atoms with Crippen molar-refractivity contribution in [1.82, 2.24) is 20.4 Å². The number of carbonyl (C=O) groups excluding carboxylic acids is 2. The third-order valence-corrected chi connectivity index (χ3v) is 4.69. The van der Waals surface area contributed by atoms with E-state index in [2.05, 4.69) is 22.4 Å².